The second-order valence-electron chi connectivity index (χ2n) is 10.3. The van der Waals surface area contributed by atoms with Gasteiger partial charge in [0.25, 0.3) is 11.8 Å². The Kier molecular flexibility index (Phi) is 9.13. The van der Waals surface area contributed by atoms with E-state index >= 15 is 0 Å². The van der Waals surface area contributed by atoms with Crippen molar-refractivity contribution in [3.8, 4) is 34.3 Å². The number of ether oxygens (including phenoxy) is 2. The second-order valence-corrected chi connectivity index (χ2v) is 10.3. The maximum absolute atomic E-state index is 12.3. The van der Waals surface area contributed by atoms with Gasteiger partial charge in [0.05, 0.1) is 0 Å². The van der Waals surface area contributed by atoms with Gasteiger partial charge in [-0.15, -0.1) is 10.2 Å². The number of amides is 2. The number of nitrogens with zero attached hydrogens (tertiary/aromatic N) is 9. The molecule has 0 saturated carbocycles. The summed E-state index contributed by atoms with van der Waals surface area (Å²) >= 11 is 0. The molecule has 0 saturated heterocycles. The van der Waals surface area contributed by atoms with Gasteiger partial charge in [-0.1, -0.05) is 36.4 Å². The van der Waals surface area contributed by atoms with Crippen LogP contribution < -0.4 is 20.1 Å². The topological polar surface area (TPSA) is 177 Å². The summed E-state index contributed by atoms with van der Waals surface area (Å²) in [6.45, 7) is 1.09. The SMILES string of the molecule is Cn1nnnc1-c1ccc(C(=O)NCc2ccc3c(c2)OCO3)cc1.Cn1nnnc1-c1ccc(C(=O)NCc2cccnc2)cc1. The quantitative estimate of drug-likeness (QED) is 0.253. The Morgan fingerprint density at radius 2 is 1.26 bits per heavy atom. The molecule has 3 aromatic heterocycles. The predicted molar refractivity (Wildman–Crippen MR) is 168 cm³/mol. The van der Waals surface area contributed by atoms with Crippen LogP contribution in [0, 0.1) is 0 Å². The van der Waals surface area contributed by atoms with Crippen LogP contribution in [0.1, 0.15) is 31.8 Å². The van der Waals surface area contributed by atoms with Gasteiger partial charge in [0.1, 0.15) is 0 Å². The lowest BCUT2D eigenvalue weighted by Crippen LogP contribution is -2.22. The molecule has 1 aliphatic heterocycles. The number of benzene rings is 3. The highest BCUT2D eigenvalue weighted by Crippen LogP contribution is 2.32. The minimum absolute atomic E-state index is 0.133. The van der Waals surface area contributed by atoms with E-state index in [0.29, 0.717) is 41.6 Å². The van der Waals surface area contributed by atoms with E-state index in [-0.39, 0.29) is 18.6 Å². The van der Waals surface area contributed by atoms with E-state index in [2.05, 4.69) is 46.7 Å². The van der Waals surface area contributed by atoms with Gasteiger partial charge in [0.2, 0.25) is 6.79 Å². The number of rotatable bonds is 8. The van der Waals surface area contributed by atoms with Gasteiger partial charge in [-0.05, 0) is 74.4 Å². The Bertz CT molecular complexity index is 1970. The molecule has 47 heavy (non-hydrogen) atoms. The van der Waals surface area contributed by atoms with Crippen LogP contribution in [0.25, 0.3) is 22.8 Å². The summed E-state index contributed by atoms with van der Waals surface area (Å²) in [5.41, 5.74) is 4.76. The highest BCUT2D eigenvalue weighted by Gasteiger charge is 2.14. The molecule has 0 bridgehead atoms. The van der Waals surface area contributed by atoms with Crippen molar-refractivity contribution in [1.29, 1.82) is 0 Å². The molecule has 4 heterocycles. The standard InChI is InChI=1S/C17H15N5O3.C15H14N6O/c1-22-16(19-20-21-22)12-3-5-13(6-4-12)17(23)18-9-11-2-7-14-15(8-11)25-10-24-14;1-21-14(18-19-20-21)12-4-6-13(7-5-12)15(22)17-10-11-3-2-8-16-9-11/h2-8H,9-10H2,1H3,(H,18,23);2-9H,10H2,1H3,(H,17,22). The normalized spacial score (nSPS) is 11.4. The Morgan fingerprint density at radius 3 is 1.77 bits per heavy atom. The first-order chi connectivity index (χ1) is 22.9. The van der Waals surface area contributed by atoms with Crippen molar-refractivity contribution in [2.24, 2.45) is 14.1 Å². The molecule has 1 aliphatic rings. The first-order valence-electron chi connectivity index (χ1n) is 14.4. The zero-order chi connectivity index (χ0) is 32.6. The largest absolute Gasteiger partial charge is 0.454 e. The van der Waals surface area contributed by atoms with Crippen molar-refractivity contribution in [2.45, 2.75) is 13.1 Å². The van der Waals surface area contributed by atoms with Crippen LogP contribution in [0.5, 0.6) is 11.5 Å². The summed E-state index contributed by atoms with van der Waals surface area (Å²) in [5.74, 6) is 2.44. The monoisotopic (exact) mass is 631 g/mol. The Balaban J connectivity index is 0.000000166. The molecule has 7 rings (SSSR count). The molecule has 15 heteroatoms. The van der Waals surface area contributed by atoms with Crippen LogP contribution in [0.3, 0.4) is 0 Å². The van der Waals surface area contributed by atoms with Gasteiger partial charge >= 0.3 is 0 Å². The molecule has 6 aromatic rings. The molecular formula is C32H29N11O4. The number of hydrogen-bond acceptors (Lipinski definition) is 11. The van der Waals surface area contributed by atoms with Crippen LogP contribution in [0.15, 0.2) is 91.3 Å². The van der Waals surface area contributed by atoms with Crippen LogP contribution in [-0.4, -0.2) is 64.0 Å². The number of aryl methyl sites for hydroxylation is 2. The number of tetrazole rings is 2. The van der Waals surface area contributed by atoms with Gasteiger partial charge in [0.15, 0.2) is 23.1 Å². The maximum atomic E-state index is 12.3. The molecule has 0 radical (unpaired) electrons. The number of hydrogen-bond donors (Lipinski definition) is 2. The van der Waals surface area contributed by atoms with Crippen molar-refractivity contribution in [2.75, 3.05) is 6.79 Å². The zero-order valence-electron chi connectivity index (χ0n) is 25.4. The lowest BCUT2D eigenvalue weighted by atomic mass is 10.1. The number of carbonyl (C=O) groups is 2. The van der Waals surface area contributed by atoms with Crippen LogP contribution >= 0.6 is 0 Å². The van der Waals surface area contributed by atoms with E-state index in [0.717, 1.165) is 28.0 Å². The number of aromatic nitrogens is 9. The van der Waals surface area contributed by atoms with E-state index in [1.165, 1.54) is 0 Å². The van der Waals surface area contributed by atoms with Gasteiger partial charge in [-0.3, -0.25) is 14.6 Å². The molecule has 0 fully saturated rings. The average Bonchev–Trinajstić information content (AvgIpc) is 3.88. The van der Waals surface area contributed by atoms with E-state index in [1.54, 1.807) is 60.1 Å². The third-order valence-electron chi connectivity index (χ3n) is 7.12. The zero-order valence-corrected chi connectivity index (χ0v) is 25.4. The third kappa shape index (κ3) is 7.42. The molecule has 236 valence electrons. The summed E-state index contributed by atoms with van der Waals surface area (Å²) < 4.78 is 13.8. The average molecular weight is 632 g/mol. The lowest BCUT2D eigenvalue weighted by molar-refractivity contribution is 0.0943. The van der Waals surface area contributed by atoms with Crippen molar-refractivity contribution < 1.29 is 19.1 Å². The van der Waals surface area contributed by atoms with Crippen molar-refractivity contribution in [1.82, 2.24) is 56.0 Å². The van der Waals surface area contributed by atoms with Gasteiger partial charge in [-0.25, -0.2) is 9.36 Å². The van der Waals surface area contributed by atoms with Gasteiger partial charge in [0, 0.05) is 61.8 Å². The Hall–Kier alpha value is -6.51. The second kappa shape index (κ2) is 14.1. The molecule has 0 aliphatic carbocycles. The first-order valence-corrected chi connectivity index (χ1v) is 14.4. The highest BCUT2D eigenvalue weighted by molar-refractivity contribution is 5.95. The maximum Gasteiger partial charge on any atom is 0.251 e. The number of carbonyl (C=O) groups excluding carboxylic acids is 2. The van der Waals surface area contributed by atoms with Gasteiger partial charge < -0.3 is 20.1 Å². The smallest absolute Gasteiger partial charge is 0.251 e. The lowest BCUT2D eigenvalue weighted by Gasteiger charge is -2.07. The summed E-state index contributed by atoms with van der Waals surface area (Å²) in [7, 11) is 3.53. The van der Waals surface area contributed by atoms with Crippen LogP contribution in [0.4, 0.5) is 0 Å². The molecule has 15 nitrogen and oxygen atoms in total. The van der Waals surface area contributed by atoms with E-state index in [9.17, 15) is 9.59 Å². The van der Waals surface area contributed by atoms with Crippen molar-refractivity contribution in [3.05, 3.63) is 114 Å². The Labute approximate surface area is 268 Å². The number of fused-ring (bicyclic) bond motifs is 1. The summed E-state index contributed by atoms with van der Waals surface area (Å²) in [6.07, 6.45) is 3.43. The summed E-state index contributed by atoms with van der Waals surface area (Å²) in [6, 6.07) is 23.7. The highest BCUT2D eigenvalue weighted by atomic mass is 16.7. The first kappa shape index (κ1) is 30.5. The predicted octanol–water partition coefficient (Wildman–Crippen LogP) is 2.74. The van der Waals surface area contributed by atoms with E-state index in [1.807, 2.05) is 54.6 Å². The molecule has 0 spiro atoms. The molecule has 0 atom stereocenters. The van der Waals surface area contributed by atoms with E-state index < -0.39 is 0 Å². The van der Waals surface area contributed by atoms with Crippen molar-refractivity contribution in [3.63, 3.8) is 0 Å². The Morgan fingerprint density at radius 1 is 0.702 bits per heavy atom. The minimum atomic E-state index is -0.152. The summed E-state index contributed by atoms with van der Waals surface area (Å²) in [4.78, 5) is 28.4. The van der Waals surface area contributed by atoms with E-state index in [4.69, 9.17) is 9.47 Å². The molecule has 0 unspecified atom stereocenters. The fraction of sp³-hybridized carbons (Fsp3) is 0.156. The molecule has 3 aromatic carbocycles. The third-order valence-corrected chi connectivity index (χ3v) is 7.12. The van der Waals surface area contributed by atoms with Crippen molar-refractivity contribution >= 4 is 11.8 Å². The number of nitrogens with one attached hydrogen (secondary N) is 2. The van der Waals surface area contributed by atoms with Gasteiger partial charge in [-0.2, -0.15) is 0 Å². The minimum Gasteiger partial charge on any atom is -0.454 e. The fourth-order valence-corrected chi connectivity index (χ4v) is 4.61. The van der Waals surface area contributed by atoms with Crippen LogP contribution in [-0.2, 0) is 27.2 Å². The molecule has 2 N–H and O–H groups in total. The fourth-order valence-electron chi connectivity index (χ4n) is 4.61. The molecular weight excluding hydrogens is 602 g/mol. The summed E-state index contributed by atoms with van der Waals surface area (Å²) in [5, 5.41) is 28.4. The van der Waals surface area contributed by atoms with Crippen LogP contribution in [0.2, 0.25) is 0 Å². The number of pyridine rings is 1. The molecule has 2 amide bonds.